The van der Waals surface area contributed by atoms with Gasteiger partial charge in [0.15, 0.2) is 5.05 Å². The first-order chi connectivity index (χ1) is 6.54. The van der Waals surface area contributed by atoms with Crippen LogP contribution in [-0.2, 0) is 11.3 Å². The van der Waals surface area contributed by atoms with Gasteiger partial charge in [0.05, 0.1) is 25.7 Å². The highest BCUT2D eigenvalue weighted by Crippen LogP contribution is 2.44. The van der Waals surface area contributed by atoms with Gasteiger partial charge >= 0.3 is 0 Å². The molecule has 0 fully saturated rings. The first-order valence-corrected chi connectivity index (χ1v) is 5.48. The molecule has 1 aliphatic heterocycles. The summed E-state index contributed by atoms with van der Waals surface area (Å²) in [4.78, 5) is 0. The first kappa shape index (κ1) is 10.8. The van der Waals surface area contributed by atoms with Crippen LogP contribution in [0.2, 0.25) is 20.1 Å². The molecule has 6 heteroatoms. The van der Waals surface area contributed by atoms with E-state index in [9.17, 15) is 0 Å². The molecule has 2 rings (SSSR count). The maximum atomic E-state index is 5.97. The van der Waals surface area contributed by atoms with Gasteiger partial charge in [0, 0.05) is 5.56 Å². The van der Waals surface area contributed by atoms with E-state index in [1.807, 2.05) is 0 Å². The second kappa shape index (κ2) is 3.69. The Kier molecular flexibility index (Phi) is 2.84. The lowest BCUT2D eigenvalue weighted by atomic mass is 10.1. The molecule has 1 nitrogen and oxygen atoms in total. The summed E-state index contributed by atoms with van der Waals surface area (Å²) >= 11 is 28.6. The number of ether oxygens (including phenoxy) is 1. The van der Waals surface area contributed by atoms with E-state index < -0.39 is 0 Å². The van der Waals surface area contributed by atoms with Crippen molar-refractivity contribution in [1.29, 1.82) is 0 Å². The average Bonchev–Trinajstić information content (AvgIpc) is 2.54. The molecule has 0 saturated heterocycles. The van der Waals surface area contributed by atoms with E-state index in [1.54, 1.807) is 0 Å². The van der Waals surface area contributed by atoms with Crippen molar-refractivity contribution < 1.29 is 4.74 Å². The van der Waals surface area contributed by atoms with Crippen molar-refractivity contribution >= 4 is 63.7 Å². The van der Waals surface area contributed by atoms with Crippen LogP contribution in [0.4, 0.5) is 0 Å². The van der Waals surface area contributed by atoms with Crippen LogP contribution in [0, 0.1) is 0 Å². The third-order valence-corrected chi connectivity index (χ3v) is 4.08. The monoisotopic (exact) mass is 286 g/mol. The van der Waals surface area contributed by atoms with Crippen molar-refractivity contribution in [2.45, 2.75) is 6.61 Å². The summed E-state index contributed by atoms with van der Waals surface area (Å²) in [5.74, 6) is 0. The normalized spacial score (nSPS) is 14.1. The summed E-state index contributed by atoms with van der Waals surface area (Å²) in [6.45, 7) is 0.295. The van der Waals surface area contributed by atoms with Crippen molar-refractivity contribution in [1.82, 2.24) is 0 Å². The van der Waals surface area contributed by atoms with Crippen LogP contribution in [0.3, 0.4) is 0 Å². The summed E-state index contributed by atoms with van der Waals surface area (Å²) in [5.41, 5.74) is 1.29. The highest BCUT2D eigenvalue weighted by Gasteiger charge is 2.28. The van der Waals surface area contributed by atoms with E-state index in [0.29, 0.717) is 32.8 Å². The molecule has 0 bridgehead atoms. The van der Waals surface area contributed by atoms with Gasteiger partial charge in [-0.1, -0.05) is 46.4 Å². The van der Waals surface area contributed by atoms with Gasteiger partial charge in [0.1, 0.15) is 6.61 Å². The van der Waals surface area contributed by atoms with Crippen LogP contribution in [0.15, 0.2) is 0 Å². The molecule has 0 amide bonds. The number of hydrogen-bond donors (Lipinski definition) is 0. The third kappa shape index (κ3) is 1.41. The molecule has 0 radical (unpaired) electrons. The Morgan fingerprint density at radius 2 is 1.50 bits per heavy atom. The molecule has 1 aromatic carbocycles. The molecule has 1 heterocycles. The molecule has 0 saturated carbocycles. The zero-order chi connectivity index (χ0) is 10.5. The molecule has 0 spiro atoms. The Balaban J connectivity index is 2.84. The van der Waals surface area contributed by atoms with Crippen molar-refractivity contribution in [3.63, 3.8) is 0 Å². The maximum Gasteiger partial charge on any atom is 0.193 e. The molecule has 1 aliphatic rings. The number of thiocarbonyl (C=S) groups is 1. The Hall–Kier alpha value is 0.270. The van der Waals surface area contributed by atoms with Gasteiger partial charge in [-0.15, -0.1) is 0 Å². The Morgan fingerprint density at radius 1 is 0.929 bits per heavy atom. The summed E-state index contributed by atoms with van der Waals surface area (Å²) < 4.78 is 5.14. The SMILES string of the molecule is S=C1OCc2c(Cl)c(Cl)c(Cl)c(Cl)c21. The molecule has 0 atom stereocenters. The standard InChI is InChI=1S/C8H2Cl4OS/c9-4-2-1-13-8(14)3(2)5(10)7(12)6(4)11/h1H2. The minimum absolute atomic E-state index is 0.213. The van der Waals surface area contributed by atoms with Crippen molar-refractivity contribution in [3.05, 3.63) is 31.2 Å². The Labute approximate surface area is 106 Å². The largest absolute Gasteiger partial charge is 0.478 e. The molecule has 0 aliphatic carbocycles. The fourth-order valence-electron chi connectivity index (χ4n) is 1.24. The smallest absolute Gasteiger partial charge is 0.193 e. The van der Waals surface area contributed by atoms with Gasteiger partial charge in [0.2, 0.25) is 0 Å². The fourth-order valence-corrected chi connectivity index (χ4v) is 2.61. The molecule has 0 N–H and O–H groups in total. The lowest BCUT2D eigenvalue weighted by Crippen LogP contribution is -1.94. The summed E-state index contributed by atoms with van der Waals surface area (Å²) in [6, 6.07) is 0. The average molecular weight is 288 g/mol. The van der Waals surface area contributed by atoms with E-state index in [0.717, 1.165) is 0 Å². The lowest BCUT2D eigenvalue weighted by Gasteiger charge is -2.06. The number of rotatable bonds is 0. The lowest BCUT2D eigenvalue weighted by molar-refractivity contribution is 0.321. The van der Waals surface area contributed by atoms with Gasteiger partial charge in [0.25, 0.3) is 0 Å². The summed E-state index contributed by atoms with van der Waals surface area (Å²) in [5, 5.41) is 1.43. The minimum atomic E-state index is 0.213. The van der Waals surface area contributed by atoms with Crippen molar-refractivity contribution in [3.8, 4) is 0 Å². The first-order valence-electron chi connectivity index (χ1n) is 3.56. The van der Waals surface area contributed by atoms with Gasteiger partial charge < -0.3 is 4.74 Å². The van der Waals surface area contributed by atoms with Crippen LogP contribution in [0.5, 0.6) is 0 Å². The maximum absolute atomic E-state index is 5.97. The minimum Gasteiger partial charge on any atom is -0.478 e. The molecule has 1 aromatic rings. The molecule has 14 heavy (non-hydrogen) atoms. The van der Waals surface area contributed by atoms with E-state index in [4.69, 9.17) is 63.4 Å². The van der Waals surface area contributed by atoms with E-state index in [2.05, 4.69) is 0 Å². The van der Waals surface area contributed by atoms with Crippen LogP contribution >= 0.6 is 58.6 Å². The van der Waals surface area contributed by atoms with Crippen LogP contribution in [0.25, 0.3) is 0 Å². The second-order valence-electron chi connectivity index (χ2n) is 2.69. The zero-order valence-corrected chi connectivity index (χ0v) is 10.4. The third-order valence-electron chi connectivity index (χ3n) is 1.92. The fraction of sp³-hybridized carbons (Fsp3) is 0.125. The van der Waals surface area contributed by atoms with E-state index >= 15 is 0 Å². The molecular weight excluding hydrogens is 286 g/mol. The van der Waals surface area contributed by atoms with Crippen LogP contribution < -0.4 is 0 Å². The van der Waals surface area contributed by atoms with E-state index in [1.165, 1.54) is 0 Å². The van der Waals surface area contributed by atoms with Crippen molar-refractivity contribution in [2.75, 3.05) is 0 Å². The van der Waals surface area contributed by atoms with Gasteiger partial charge in [-0.25, -0.2) is 0 Å². The number of hydrogen-bond acceptors (Lipinski definition) is 2. The summed E-state index contributed by atoms with van der Waals surface area (Å²) in [6.07, 6.45) is 0. The van der Waals surface area contributed by atoms with Crippen LogP contribution in [-0.4, -0.2) is 5.05 Å². The quantitative estimate of drug-likeness (QED) is 0.395. The van der Waals surface area contributed by atoms with E-state index in [-0.39, 0.29) is 10.0 Å². The van der Waals surface area contributed by atoms with Gasteiger partial charge in [-0.2, -0.15) is 0 Å². The Bertz CT molecular complexity index is 444. The number of fused-ring (bicyclic) bond motifs is 1. The highest BCUT2D eigenvalue weighted by atomic mass is 35.5. The highest BCUT2D eigenvalue weighted by molar-refractivity contribution is 7.80. The number of halogens is 4. The zero-order valence-electron chi connectivity index (χ0n) is 6.54. The van der Waals surface area contributed by atoms with Gasteiger partial charge in [-0.05, 0) is 12.2 Å². The van der Waals surface area contributed by atoms with Crippen LogP contribution in [0.1, 0.15) is 11.1 Å². The summed E-state index contributed by atoms with van der Waals surface area (Å²) in [7, 11) is 0. The molecular formula is C8H2Cl4OS. The second-order valence-corrected chi connectivity index (χ2v) is 4.57. The topological polar surface area (TPSA) is 9.23 Å². The molecule has 74 valence electrons. The Morgan fingerprint density at radius 3 is 2.14 bits per heavy atom. The van der Waals surface area contributed by atoms with Gasteiger partial charge in [-0.3, -0.25) is 0 Å². The predicted molar refractivity (Wildman–Crippen MR) is 63.0 cm³/mol. The number of benzene rings is 1. The molecule has 0 unspecified atom stereocenters. The predicted octanol–water partition coefficient (Wildman–Crippen LogP) is 4.51. The molecule has 0 aromatic heterocycles. The van der Waals surface area contributed by atoms with Crippen molar-refractivity contribution in [2.24, 2.45) is 0 Å².